The molecule has 1 amide bonds. The molecule has 1 heterocycles. The van der Waals surface area contributed by atoms with Gasteiger partial charge >= 0.3 is 6.18 Å². The number of nitrogens with zero attached hydrogens (tertiary/aromatic N) is 1. The van der Waals surface area contributed by atoms with Crippen molar-refractivity contribution >= 4 is 35.0 Å². The number of thioether (sulfide) groups is 1. The Hall–Kier alpha value is -2.25. The first kappa shape index (κ1) is 20.1. The molecule has 8 heteroatoms. The van der Waals surface area contributed by atoms with Crippen LogP contribution in [0.3, 0.4) is 0 Å². The average molecular weight is 399 g/mol. The molecule has 1 N–H and O–H groups in total. The number of rotatable bonds is 5. The van der Waals surface area contributed by atoms with Crippen LogP contribution >= 0.6 is 23.4 Å². The number of halogens is 4. The Morgan fingerprint density at radius 1 is 1.35 bits per heavy atom. The number of para-hydroxylation sites is 1. The van der Waals surface area contributed by atoms with Crippen LogP contribution < -0.4 is 5.32 Å². The summed E-state index contributed by atoms with van der Waals surface area (Å²) in [5.41, 5.74) is 0.00891. The summed E-state index contributed by atoms with van der Waals surface area (Å²) in [5.74, 6) is -0.368. The Bertz CT molecular complexity index is 866. The van der Waals surface area contributed by atoms with Crippen LogP contribution in [-0.4, -0.2) is 10.9 Å². The first-order valence-electron chi connectivity index (χ1n) is 7.35. The minimum Gasteiger partial charge on any atom is -0.321 e. The second-order valence-electron chi connectivity index (χ2n) is 4.99. The van der Waals surface area contributed by atoms with Crippen LogP contribution in [0.4, 0.5) is 18.9 Å². The average Bonchev–Trinajstić information content (AvgIpc) is 2.59. The number of carbonyl (C=O) groups excluding carboxylic acids is 1. The van der Waals surface area contributed by atoms with Gasteiger partial charge in [-0.05, 0) is 24.5 Å². The maximum Gasteiger partial charge on any atom is 0.417 e. The number of hydrogen-bond donors (Lipinski definition) is 1. The SMILES string of the molecule is C=CS/C(=C/C)C(=O)Nc1ccccc1-c1ncc(C(F)(F)F)cc1Cl. The number of pyridine rings is 1. The van der Waals surface area contributed by atoms with E-state index in [1.165, 1.54) is 5.41 Å². The molecular weight excluding hydrogens is 385 g/mol. The molecule has 2 aromatic rings. The largest absolute Gasteiger partial charge is 0.417 e. The molecule has 0 fully saturated rings. The van der Waals surface area contributed by atoms with Gasteiger partial charge in [0.25, 0.3) is 5.91 Å². The molecule has 0 saturated heterocycles. The van der Waals surface area contributed by atoms with Gasteiger partial charge < -0.3 is 5.32 Å². The van der Waals surface area contributed by atoms with E-state index in [1.807, 2.05) is 0 Å². The summed E-state index contributed by atoms with van der Waals surface area (Å²) in [6.07, 6.45) is -2.19. The quantitative estimate of drug-likeness (QED) is 0.615. The number of carbonyl (C=O) groups is 1. The fraction of sp³-hybridized carbons (Fsp3) is 0.111. The molecule has 0 spiro atoms. The molecule has 1 aromatic carbocycles. The van der Waals surface area contributed by atoms with Gasteiger partial charge in [0.2, 0.25) is 0 Å². The topological polar surface area (TPSA) is 42.0 Å². The summed E-state index contributed by atoms with van der Waals surface area (Å²) in [7, 11) is 0. The Morgan fingerprint density at radius 3 is 2.62 bits per heavy atom. The Balaban J connectivity index is 2.41. The molecule has 0 aliphatic rings. The lowest BCUT2D eigenvalue weighted by molar-refractivity contribution is -0.137. The predicted molar refractivity (Wildman–Crippen MR) is 99.9 cm³/mol. The van der Waals surface area contributed by atoms with Gasteiger partial charge in [0, 0.05) is 11.8 Å². The molecule has 0 atom stereocenters. The zero-order valence-electron chi connectivity index (χ0n) is 13.6. The van der Waals surface area contributed by atoms with Crippen molar-refractivity contribution in [2.75, 3.05) is 5.32 Å². The van der Waals surface area contributed by atoms with Crippen molar-refractivity contribution in [3.63, 3.8) is 0 Å². The lowest BCUT2D eigenvalue weighted by atomic mass is 10.1. The first-order chi connectivity index (χ1) is 12.3. The third-order valence-corrected chi connectivity index (χ3v) is 4.42. The summed E-state index contributed by atoms with van der Waals surface area (Å²) in [5, 5.41) is 4.08. The van der Waals surface area contributed by atoms with Crippen molar-refractivity contribution in [3.05, 3.63) is 70.1 Å². The zero-order chi connectivity index (χ0) is 19.3. The molecule has 1 aromatic heterocycles. The monoisotopic (exact) mass is 398 g/mol. The number of alkyl halides is 3. The molecular formula is C18H14ClF3N2OS. The fourth-order valence-electron chi connectivity index (χ4n) is 2.12. The minimum absolute atomic E-state index is 0.147. The van der Waals surface area contributed by atoms with E-state index in [2.05, 4.69) is 16.9 Å². The number of hydrogen-bond acceptors (Lipinski definition) is 3. The van der Waals surface area contributed by atoms with E-state index in [-0.39, 0.29) is 16.6 Å². The van der Waals surface area contributed by atoms with Crippen molar-refractivity contribution in [1.82, 2.24) is 4.98 Å². The third-order valence-electron chi connectivity index (χ3n) is 3.30. The number of nitrogens with one attached hydrogen (secondary N) is 1. The number of amides is 1. The summed E-state index contributed by atoms with van der Waals surface area (Å²) in [6.45, 7) is 5.28. The third kappa shape index (κ3) is 4.68. The van der Waals surface area contributed by atoms with Gasteiger partial charge in [-0.1, -0.05) is 54.2 Å². The highest BCUT2D eigenvalue weighted by molar-refractivity contribution is 8.06. The van der Waals surface area contributed by atoms with E-state index in [9.17, 15) is 18.0 Å². The van der Waals surface area contributed by atoms with Crippen LogP contribution in [0.5, 0.6) is 0 Å². The maximum absolute atomic E-state index is 12.8. The van der Waals surface area contributed by atoms with Crippen LogP contribution in [0.2, 0.25) is 5.02 Å². The second kappa shape index (κ2) is 8.42. The van der Waals surface area contributed by atoms with E-state index in [4.69, 9.17) is 11.6 Å². The smallest absolute Gasteiger partial charge is 0.321 e. The summed E-state index contributed by atoms with van der Waals surface area (Å²) >= 11 is 7.17. The van der Waals surface area contributed by atoms with Crippen molar-refractivity contribution in [2.24, 2.45) is 0 Å². The number of benzene rings is 1. The Labute approximate surface area is 158 Å². The molecule has 26 heavy (non-hydrogen) atoms. The number of anilines is 1. The first-order valence-corrected chi connectivity index (χ1v) is 8.61. The highest BCUT2D eigenvalue weighted by atomic mass is 35.5. The lowest BCUT2D eigenvalue weighted by Gasteiger charge is -2.14. The molecule has 0 aliphatic heterocycles. The highest BCUT2D eigenvalue weighted by Gasteiger charge is 2.31. The van der Waals surface area contributed by atoms with E-state index in [0.29, 0.717) is 22.4 Å². The normalized spacial score (nSPS) is 12.0. The van der Waals surface area contributed by atoms with E-state index in [0.717, 1.165) is 17.8 Å². The molecule has 0 unspecified atom stereocenters. The van der Waals surface area contributed by atoms with Gasteiger partial charge in [-0.3, -0.25) is 9.78 Å². The molecule has 2 rings (SSSR count). The van der Waals surface area contributed by atoms with Crippen LogP contribution in [-0.2, 0) is 11.0 Å². The van der Waals surface area contributed by atoms with Crippen LogP contribution in [0.1, 0.15) is 12.5 Å². The van der Waals surface area contributed by atoms with Crippen molar-refractivity contribution < 1.29 is 18.0 Å². The molecule has 0 radical (unpaired) electrons. The second-order valence-corrected chi connectivity index (χ2v) is 6.41. The Kier molecular flexibility index (Phi) is 6.50. The lowest BCUT2D eigenvalue weighted by Crippen LogP contribution is -2.13. The van der Waals surface area contributed by atoms with Gasteiger partial charge in [-0.2, -0.15) is 13.2 Å². The van der Waals surface area contributed by atoms with E-state index >= 15 is 0 Å². The maximum atomic E-state index is 12.8. The standard InChI is InChI=1S/C18H14ClF3N2OS/c1-3-15(26-4-2)17(25)24-14-8-6-5-7-12(14)16-13(19)9-11(10-23-16)18(20,21)22/h3-10H,2H2,1H3,(H,24,25)/b15-3+. The molecule has 0 saturated carbocycles. The molecule has 0 bridgehead atoms. The zero-order valence-corrected chi connectivity index (χ0v) is 15.2. The van der Waals surface area contributed by atoms with E-state index < -0.39 is 11.7 Å². The number of allylic oxidation sites excluding steroid dienone is 1. The van der Waals surface area contributed by atoms with Crippen molar-refractivity contribution in [3.8, 4) is 11.3 Å². The van der Waals surface area contributed by atoms with Gasteiger partial charge in [0.05, 0.1) is 26.9 Å². The minimum atomic E-state index is -4.54. The van der Waals surface area contributed by atoms with Gasteiger partial charge in [0.15, 0.2) is 0 Å². The van der Waals surface area contributed by atoms with Crippen molar-refractivity contribution in [1.29, 1.82) is 0 Å². The fourth-order valence-corrected chi connectivity index (χ4v) is 2.86. The van der Waals surface area contributed by atoms with Crippen LogP contribution in [0.25, 0.3) is 11.3 Å². The number of aromatic nitrogens is 1. The predicted octanol–water partition coefficient (Wildman–Crippen LogP) is 6.14. The van der Waals surface area contributed by atoms with Gasteiger partial charge in [0.1, 0.15) is 0 Å². The summed E-state index contributed by atoms with van der Waals surface area (Å²) in [6, 6.07) is 7.41. The van der Waals surface area contributed by atoms with Gasteiger partial charge in [-0.25, -0.2) is 0 Å². The molecule has 3 nitrogen and oxygen atoms in total. The van der Waals surface area contributed by atoms with Crippen LogP contribution in [0, 0.1) is 0 Å². The van der Waals surface area contributed by atoms with Crippen molar-refractivity contribution in [2.45, 2.75) is 13.1 Å². The Morgan fingerprint density at radius 2 is 2.04 bits per heavy atom. The van der Waals surface area contributed by atoms with E-state index in [1.54, 1.807) is 37.3 Å². The summed E-state index contributed by atoms with van der Waals surface area (Å²) < 4.78 is 38.3. The van der Waals surface area contributed by atoms with Gasteiger partial charge in [-0.15, -0.1) is 0 Å². The molecule has 0 aliphatic carbocycles. The highest BCUT2D eigenvalue weighted by Crippen LogP contribution is 2.36. The molecule has 136 valence electrons. The van der Waals surface area contributed by atoms with Crippen LogP contribution in [0.15, 0.2) is 59.5 Å². The summed E-state index contributed by atoms with van der Waals surface area (Å²) in [4.78, 5) is 16.6.